The molecule has 3 aromatic rings. The fourth-order valence-electron chi connectivity index (χ4n) is 4.64. The number of likely N-dealkylation sites (tertiary alicyclic amines) is 1. The van der Waals surface area contributed by atoms with Gasteiger partial charge in [-0.05, 0) is 99.0 Å². The van der Waals surface area contributed by atoms with Crippen molar-refractivity contribution in [1.82, 2.24) is 9.62 Å². The van der Waals surface area contributed by atoms with Crippen molar-refractivity contribution in [3.05, 3.63) is 58.6 Å². The van der Waals surface area contributed by atoms with E-state index < -0.39 is 10.0 Å². The van der Waals surface area contributed by atoms with E-state index in [1.165, 1.54) is 11.3 Å². The Labute approximate surface area is 215 Å². The number of carbonyl (C=O) groups is 1. The van der Waals surface area contributed by atoms with Crippen molar-refractivity contribution >= 4 is 48.8 Å². The molecule has 2 aliphatic rings. The standard InChI is InChI=1S/C26H29ClN2O4S2/c1-17-22-16-20(27)9-12-23(22)34-26(17)35(31,32)28-24-4-2-13-29(24)14-3-15-33-21-10-7-19(8-11-21)25(30)18-5-6-18/h7-12,16,18,24,28H,2-6,13-15H2,1H3. The summed E-state index contributed by atoms with van der Waals surface area (Å²) in [5.41, 5.74) is 1.49. The van der Waals surface area contributed by atoms with Crippen molar-refractivity contribution in [2.45, 2.75) is 49.4 Å². The molecule has 1 N–H and O–H groups in total. The number of ketones is 1. The molecular weight excluding hydrogens is 504 g/mol. The molecule has 1 aromatic heterocycles. The number of benzene rings is 2. The molecule has 35 heavy (non-hydrogen) atoms. The Morgan fingerprint density at radius 3 is 2.69 bits per heavy atom. The monoisotopic (exact) mass is 532 g/mol. The Kier molecular flexibility index (Phi) is 7.19. The second-order valence-electron chi connectivity index (χ2n) is 9.34. The number of aryl methyl sites for hydroxylation is 1. The van der Waals surface area contributed by atoms with E-state index in [1.807, 2.05) is 43.3 Å². The highest BCUT2D eigenvalue weighted by molar-refractivity contribution is 7.91. The molecular formula is C26H29ClN2O4S2. The first-order chi connectivity index (χ1) is 16.8. The number of rotatable bonds is 10. The zero-order valence-corrected chi connectivity index (χ0v) is 22.0. The van der Waals surface area contributed by atoms with Crippen LogP contribution in [-0.4, -0.2) is 45.0 Å². The molecule has 0 spiro atoms. The van der Waals surface area contributed by atoms with E-state index in [0.29, 0.717) is 15.8 Å². The number of thiophene rings is 1. The average molecular weight is 533 g/mol. The number of sulfonamides is 1. The second-order valence-corrected chi connectivity index (χ2v) is 12.7. The van der Waals surface area contributed by atoms with E-state index in [4.69, 9.17) is 16.3 Å². The van der Waals surface area contributed by atoms with Gasteiger partial charge in [0.2, 0.25) is 0 Å². The molecule has 6 nitrogen and oxygen atoms in total. The third-order valence-electron chi connectivity index (χ3n) is 6.70. The van der Waals surface area contributed by atoms with Crippen LogP contribution in [0.4, 0.5) is 0 Å². The summed E-state index contributed by atoms with van der Waals surface area (Å²) in [5.74, 6) is 1.19. The third-order valence-corrected chi connectivity index (χ3v) is 10.3. The summed E-state index contributed by atoms with van der Waals surface area (Å²) < 4.78 is 36.5. The van der Waals surface area contributed by atoms with Gasteiger partial charge in [-0.15, -0.1) is 11.3 Å². The van der Waals surface area contributed by atoms with E-state index in [0.717, 1.165) is 72.2 Å². The van der Waals surface area contributed by atoms with Crippen LogP contribution in [0.25, 0.3) is 10.1 Å². The normalized spacial score (nSPS) is 18.9. The summed E-state index contributed by atoms with van der Waals surface area (Å²) in [4.78, 5) is 14.3. The lowest BCUT2D eigenvalue weighted by molar-refractivity contribution is 0.0967. The number of carbonyl (C=O) groups excluding carboxylic acids is 1. The number of hydrogen-bond acceptors (Lipinski definition) is 6. The van der Waals surface area contributed by atoms with Crippen molar-refractivity contribution < 1.29 is 17.9 Å². The molecule has 2 fully saturated rings. The van der Waals surface area contributed by atoms with Crippen molar-refractivity contribution in [3.63, 3.8) is 0 Å². The fraction of sp³-hybridized carbons (Fsp3) is 0.423. The Morgan fingerprint density at radius 1 is 1.17 bits per heavy atom. The number of ether oxygens (including phenoxy) is 1. The number of nitrogens with one attached hydrogen (secondary N) is 1. The van der Waals surface area contributed by atoms with E-state index >= 15 is 0 Å². The molecule has 186 valence electrons. The van der Waals surface area contributed by atoms with Crippen molar-refractivity contribution in [2.24, 2.45) is 5.92 Å². The van der Waals surface area contributed by atoms with Crippen LogP contribution in [0.15, 0.2) is 46.7 Å². The SMILES string of the molecule is Cc1c(S(=O)(=O)NC2CCCN2CCCOc2ccc(C(=O)C3CC3)cc2)sc2ccc(Cl)cc12. The number of halogens is 1. The number of fused-ring (bicyclic) bond motifs is 1. The van der Waals surface area contributed by atoms with Gasteiger partial charge < -0.3 is 4.74 Å². The van der Waals surface area contributed by atoms with Gasteiger partial charge in [0, 0.05) is 27.7 Å². The predicted molar refractivity (Wildman–Crippen MR) is 140 cm³/mol. The first-order valence-corrected chi connectivity index (χ1v) is 14.7. The van der Waals surface area contributed by atoms with Crippen LogP contribution in [0.3, 0.4) is 0 Å². The molecule has 1 saturated carbocycles. The lowest BCUT2D eigenvalue weighted by Crippen LogP contribution is -2.44. The van der Waals surface area contributed by atoms with Gasteiger partial charge in [-0.25, -0.2) is 8.42 Å². The van der Waals surface area contributed by atoms with Gasteiger partial charge in [0.05, 0.1) is 12.8 Å². The smallest absolute Gasteiger partial charge is 0.251 e. The molecule has 0 bridgehead atoms. The maximum atomic E-state index is 13.2. The van der Waals surface area contributed by atoms with Gasteiger partial charge in [-0.1, -0.05) is 11.6 Å². The minimum absolute atomic E-state index is 0.217. The molecule has 0 amide bonds. The highest BCUT2D eigenvalue weighted by Crippen LogP contribution is 2.36. The van der Waals surface area contributed by atoms with Crippen LogP contribution in [0.1, 0.15) is 48.0 Å². The van der Waals surface area contributed by atoms with Gasteiger partial charge in [-0.2, -0.15) is 4.72 Å². The number of nitrogens with zero attached hydrogens (tertiary/aromatic N) is 1. The molecule has 1 aliphatic heterocycles. The molecule has 5 rings (SSSR count). The van der Waals surface area contributed by atoms with Gasteiger partial charge in [0.15, 0.2) is 5.78 Å². The summed E-state index contributed by atoms with van der Waals surface area (Å²) >= 11 is 7.39. The van der Waals surface area contributed by atoms with Crippen LogP contribution in [0.2, 0.25) is 5.02 Å². The Balaban J connectivity index is 1.15. The van der Waals surface area contributed by atoms with E-state index in [-0.39, 0.29) is 17.9 Å². The maximum Gasteiger partial charge on any atom is 0.251 e. The van der Waals surface area contributed by atoms with Crippen LogP contribution in [-0.2, 0) is 10.0 Å². The molecule has 9 heteroatoms. The second kappa shape index (κ2) is 10.2. The topological polar surface area (TPSA) is 75.7 Å². The van der Waals surface area contributed by atoms with Gasteiger partial charge >= 0.3 is 0 Å². The van der Waals surface area contributed by atoms with Crippen LogP contribution < -0.4 is 9.46 Å². The van der Waals surface area contributed by atoms with Crippen molar-refractivity contribution in [3.8, 4) is 5.75 Å². The van der Waals surface area contributed by atoms with Crippen LogP contribution in [0, 0.1) is 12.8 Å². The lowest BCUT2D eigenvalue weighted by atomic mass is 10.1. The number of hydrogen-bond donors (Lipinski definition) is 1. The Hall–Kier alpha value is -1.97. The minimum atomic E-state index is -3.64. The largest absolute Gasteiger partial charge is 0.494 e. The van der Waals surface area contributed by atoms with Crippen LogP contribution >= 0.6 is 22.9 Å². The summed E-state index contributed by atoms with van der Waals surface area (Å²) in [7, 11) is -3.64. The maximum absolute atomic E-state index is 13.2. The zero-order chi connectivity index (χ0) is 24.6. The molecule has 1 aliphatic carbocycles. The molecule has 0 radical (unpaired) electrons. The van der Waals surface area contributed by atoms with Crippen molar-refractivity contribution in [2.75, 3.05) is 19.7 Å². The molecule has 2 heterocycles. The van der Waals surface area contributed by atoms with E-state index in [9.17, 15) is 13.2 Å². The summed E-state index contributed by atoms with van der Waals surface area (Å²) in [5, 5.41) is 1.48. The summed E-state index contributed by atoms with van der Waals surface area (Å²) in [6, 6.07) is 12.9. The number of Topliss-reactive ketones (excluding diaryl/α,β-unsaturated/α-hetero) is 1. The van der Waals surface area contributed by atoms with Gasteiger partial charge in [0.25, 0.3) is 10.0 Å². The van der Waals surface area contributed by atoms with Crippen LogP contribution in [0.5, 0.6) is 5.75 Å². The molecule has 2 aromatic carbocycles. The molecule has 1 atom stereocenters. The van der Waals surface area contributed by atoms with E-state index in [2.05, 4.69) is 9.62 Å². The molecule has 1 saturated heterocycles. The summed E-state index contributed by atoms with van der Waals surface area (Å²) in [6.07, 6.45) is 4.30. The predicted octanol–water partition coefficient (Wildman–Crippen LogP) is 5.63. The highest BCUT2D eigenvalue weighted by atomic mass is 35.5. The fourth-order valence-corrected chi connectivity index (χ4v) is 7.83. The lowest BCUT2D eigenvalue weighted by Gasteiger charge is -2.25. The van der Waals surface area contributed by atoms with Gasteiger partial charge in [-0.3, -0.25) is 9.69 Å². The summed E-state index contributed by atoms with van der Waals surface area (Å²) in [6.45, 7) is 3.96. The average Bonchev–Trinajstić information content (AvgIpc) is 3.52. The Bertz CT molecular complexity index is 1330. The minimum Gasteiger partial charge on any atom is -0.494 e. The third kappa shape index (κ3) is 5.57. The van der Waals surface area contributed by atoms with Gasteiger partial charge in [0.1, 0.15) is 9.96 Å². The highest BCUT2D eigenvalue weighted by Gasteiger charge is 2.31. The first kappa shape index (κ1) is 24.7. The molecule has 1 unspecified atom stereocenters. The quantitative estimate of drug-likeness (QED) is 0.271. The zero-order valence-electron chi connectivity index (χ0n) is 19.6. The first-order valence-electron chi connectivity index (χ1n) is 12.0. The van der Waals surface area contributed by atoms with Crippen molar-refractivity contribution in [1.29, 1.82) is 0 Å². The van der Waals surface area contributed by atoms with E-state index in [1.54, 1.807) is 6.07 Å². The Morgan fingerprint density at radius 2 is 1.94 bits per heavy atom.